The van der Waals surface area contributed by atoms with Crippen LogP contribution in [0, 0.1) is 10.1 Å². The Bertz CT molecular complexity index is 2270. The van der Waals surface area contributed by atoms with Crippen LogP contribution in [0.5, 0.6) is 0 Å². The average Bonchev–Trinajstić information content (AvgIpc) is 3.95. The lowest BCUT2D eigenvalue weighted by Gasteiger charge is -2.34. The largest absolute Gasteiger partial charge is 0.449 e. The molecule has 0 radical (unpaired) electrons. The fraction of sp³-hybridized carbons (Fsp3) is 0.195. The second-order valence-corrected chi connectivity index (χ2v) is 15.1. The number of para-hydroxylation sites is 1. The van der Waals surface area contributed by atoms with Gasteiger partial charge in [0.05, 0.1) is 10.5 Å². The van der Waals surface area contributed by atoms with Crippen molar-refractivity contribution >= 4 is 40.4 Å². The van der Waals surface area contributed by atoms with Crippen LogP contribution in [0.15, 0.2) is 115 Å². The summed E-state index contributed by atoms with van der Waals surface area (Å²) in [5.41, 5.74) is 7.64. The fourth-order valence-electron chi connectivity index (χ4n) is 7.08. The highest BCUT2D eigenvalue weighted by Crippen LogP contribution is 2.44. The van der Waals surface area contributed by atoms with Gasteiger partial charge in [0.25, 0.3) is 11.6 Å². The monoisotopic (exact) mass is 741 g/mol. The minimum absolute atomic E-state index is 0.00284. The number of nitrogens with one attached hydrogen (secondary N) is 1. The summed E-state index contributed by atoms with van der Waals surface area (Å²) >= 11 is 2.98. The molecule has 2 aromatic heterocycles. The molecule has 8 rings (SSSR count). The molecule has 1 N–H and O–H groups in total. The van der Waals surface area contributed by atoms with E-state index in [0.29, 0.717) is 30.9 Å². The predicted octanol–water partition coefficient (Wildman–Crippen LogP) is 8.44. The lowest BCUT2D eigenvalue weighted by Crippen LogP contribution is -2.48. The second kappa shape index (κ2) is 15.1. The highest BCUT2D eigenvalue weighted by molar-refractivity contribution is 7.15. The van der Waals surface area contributed by atoms with E-state index in [9.17, 15) is 19.7 Å². The van der Waals surface area contributed by atoms with E-state index in [2.05, 4.69) is 34.5 Å². The van der Waals surface area contributed by atoms with E-state index in [4.69, 9.17) is 9.72 Å². The van der Waals surface area contributed by atoms with Crippen LogP contribution in [0.25, 0.3) is 32.1 Å². The molecule has 53 heavy (non-hydrogen) atoms. The minimum Gasteiger partial charge on any atom is -0.449 e. The first-order chi connectivity index (χ1) is 25.9. The van der Waals surface area contributed by atoms with Crippen molar-refractivity contribution in [1.82, 2.24) is 20.1 Å². The number of thiazole rings is 1. The van der Waals surface area contributed by atoms with Crippen molar-refractivity contribution < 1.29 is 19.2 Å². The normalized spacial score (nSPS) is 14.1. The number of piperazine rings is 1. The van der Waals surface area contributed by atoms with Gasteiger partial charge in [0.15, 0.2) is 0 Å². The molecule has 0 unspecified atom stereocenters. The molecule has 0 atom stereocenters. The highest BCUT2D eigenvalue weighted by Gasteiger charge is 2.29. The molecule has 266 valence electrons. The van der Waals surface area contributed by atoms with Crippen molar-refractivity contribution in [3.05, 3.63) is 152 Å². The summed E-state index contributed by atoms with van der Waals surface area (Å²) in [5.74, 6) is -0.0908. The summed E-state index contributed by atoms with van der Waals surface area (Å²) in [5, 5.41) is 16.9. The number of thiophene rings is 1. The number of rotatable bonds is 10. The third-order valence-corrected chi connectivity index (χ3v) is 11.7. The number of amides is 2. The predicted molar refractivity (Wildman–Crippen MR) is 207 cm³/mol. The van der Waals surface area contributed by atoms with E-state index in [1.807, 2.05) is 77.0 Å². The van der Waals surface area contributed by atoms with Gasteiger partial charge in [-0.05, 0) is 52.1 Å². The summed E-state index contributed by atoms with van der Waals surface area (Å²) < 4.78 is 5.70. The molecule has 0 saturated carbocycles. The summed E-state index contributed by atoms with van der Waals surface area (Å²) in [6, 6.07) is 35.1. The zero-order chi connectivity index (χ0) is 36.3. The first-order valence-electron chi connectivity index (χ1n) is 17.4. The topological polar surface area (TPSA) is 118 Å². The number of ether oxygens (including phenoxy) is 1. The number of nitro groups is 1. The Morgan fingerprint density at radius 2 is 1.55 bits per heavy atom. The van der Waals surface area contributed by atoms with Crippen LogP contribution in [0.1, 0.15) is 38.0 Å². The molecule has 1 aliphatic heterocycles. The fourth-order valence-corrected chi connectivity index (χ4v) is 8.96. The minimum atomic E-state index is -0.474. The number of alkyl carbamates (subject to hydrolysis) is 1. The molecule has 4 aromatic carbocycles. The van der Waals surface area contributed by atoms with Crippen LogP contribution in [0.2, 0.25) is 0 Å². The number of aromatic nitrogens is 1. The Hall–Kier alpha value is -5.69. The van der Waals surface area contributed by atoms with Crippen molar-refractivity contribution in [3.8, 4) is 32.1 Å². The molecular weight excluding hydrogens is 707 g/mol. The third-order valence-electron chi connectivity index (χ3n) is 9.74. The van der Waals surface area contributed by atoms with E-state index in [0.717, 1.165) is 45.5 Å². The summed E-state index contributed by atoms with van der Waals surface area (Å²) in [6.07, 6.45) is -0.474. The number of hydrogen-bond donors (Lipinski definition) is 1. The van der Waals surface area contributed by atoms with Gasteiger partial charge >= 0.3 is 6.09 Å². The molecule has 1 fully saturated rings. The molecule has 2 amide bonds. The number of carbonyl (C=O) groups is 2. The molecule has 6 aromatic rings. The Balaban J connectivity index is 0.825. The summed E-state index contributed by atoms with van der Waals surface area (Å²) in [6.45, 7) is 3.89. The molecule has 3 heterocycles. The molecule has 0 spiro atoms. The zero-order valence-electron chi connectivity index (χ0n) is 28.6. The van der Waals surface area contributed by atoms with Crippen LogP contribution in [-0.2, 0) is 17.8 Å². The van der Waals surface area contributed by atoms with Crippen molar-refractivity contribution in [2.45, 2.75) is 19.0 Å². The SMILES string of the molecule is O=C(NCc1cccc(-c2nc(C(=O)N3CCN(Cc4ccc(-c5ccccc5[N+](=O)[O-])s4)CC3)cs2)c1)OCC1c2ccccc2-c2ccccc21. The first-order valence-corrected chi connectivity index (χ1v) is 19.1. The van der Waals surface area contributed by atoms with Gasteiger partial charge in [-0.25, -0.2) is 9.78 Å². The van der Waals surface area contributed by atoms with Gasteiger partial charge in [-0.3, -0.25) is 19.8 Å². The van der Waals surface area contributed by atoms with Crippen molar-refractivity contribution in [1.29, 1.82) is 0 Å². The van der Waals surface area contributed by atoms with E-state index in [-0.39, 0.29) is 29.0 Å². The van der Waals surface area contributed by atoms with Gasteiger partial charge in [0, 0.05) is 72.0 Å². The Morgan fingerprint density at radius 3 is 2.28 bits per heavy atom. The Labute approximate surface area is 314 Å². The molecule has 1 saturated heterocycles. The van der Waals surface area contributed by atoms with Gasteiger partial charge < -0.3 is 15.0 Å². The standard InChI is InChI=1S/C41H35N5O5S2/c47-40(45-20-18-44(19-21-45)24-29-16-17-38(53-29)34-14-5-6-15-37(34)46(49)50)36-26-52-39(43-36)28-9-7-8-27(22-28)23-42-41(48)51-25-35-32-12-3-1-10-30(32)31-11-2-4-13-33(31)35/h1-17,22,26,35H,18-21,23-25H2,(H,42,48). The average molecular weight is 742 g/mol. The van der Waals surface area contributed by atoms with Gasteiger partial charge in [0.1, 0.15) is 17.3 Å². The quantitative estimate of drug-likeness (QED) is 0.111. The van der Waals surface area contributed by atoms with Crippen molar-refractivity contribution in [2.24, 2.45) is 0 Å². The smallest absolute Gasteiger partial charge is 0.407 e. The number of hydrogen-bond acceptors (Lipinski definition) is 9. The van der Waals surface area contributed by atoms with E-state index >= 15 is 0 Å². The van der Waals surface area contributed by atoms with E-state index in [1.54, 1.807) is 23.5 Å². The van der Waals surface area contributed by atoms with Crippen LogP contribution < -0.4 is 5.32 Å². The van der Waals surface area contributed by atoms with E-state index in [1.165, 1.54) is 39.7 Å². The van der Waals surface area contributed by atoms with Gasteiger partial charge in [-0.15, -0.1) is 22.7 Å². The lowest BCUT2D eigenvalue weighted by molar-refractivity contribution is -0.384. The number of benzene rings is 4. The molecule has 12 heteroatoms. The highest BCUT2D eigenvalue weighted by atomic mass is 32.1. The second-order valence-electron chi connectivity index (χ2n) is 13.0. The Morgan fingerprint density at radius 1 is 0.849 bits per heavy atom. The summed E-state index contributed by atoms with van der Waals surface area (Å²) in [4.78, 5) is 48.2. The van der Waals surface area contributed by atoms with Crippen LogP contribution in [-0.4, -0.2) is 64.5 Å². The number of nitrogens with zero attached hydrogens (tertiary/aromatic N) is 4. The van der Waals surface area contributed by atoms with Crippen LogP contribution in [0.4, 0.5) is 10.5 Å². The van der Waals surface area contributed by atoms with Crippen LogP contribution >= 0.6 is 22.7 Å². The maximum atomic E-state index is 13.4. The maximum absolute atomic E-state index is 13.4. The van der Waals surface area contributed by atoms with Gasteiger partial charge in [-0.2, -0.15) is 0 Å². The van der Waals surface area contributed by atoms with Gasteiger partial charge in [-0.1, -0.05) is 78.9 Å². The zero-order valence-corrected chi connectivity index (χ0v) is 30.3. The van der Waals surface area contributed by atoms with E-state index < -0.39 is 6.09 Å². The number of nitro benzene ring substituents is 1. The van der Waals surface area contributed by atoms with Crippen LogP contribution in [0.3, 0.4) is 0 Å². The first kappa shape index (κ1) is 34.4. The molecular formula is C41H35N5O5S2. The molecule has 2 aliphatic rings. The molecule has 10 nitrogen and oxygen atoms in total. The number of fused-ring (bicyclic) bond motifs is 3. The molecule has 0 bridgehead atoms. The van der Waals surface area contributed by atoms with Gasteiger partial charge in [0.2, 0.25) is 0 Å². The third kappa shape index (κ3) is 7.34. The lowest BCUT2D eigenvalue weighted by atomic mass is 9.98. The van der Waals surface area contributed by atoms with Crippen molar-refractivity contribution in [2.75, 3.05) is 32.8 Å². The molecule has 1 aliphatic carbocycles. The van der Waals surface area contributed by atoms with Crippen molar-refractivity contribution in [3.63, 3.8) is 0 Å². The number of carbonyl (C=O) groups excluding carboxylic acids is 2. The summed E-state index contributed by atoms with van der Waals surface area (Å²) in [7, 11) is 0. The Kier molecular flexibility index (Phi) is 9.81. The maximum Gasteiger partial charge on any atom is 0.407 e.